The number of para-hydroxylation sites is 1. The topological polar surface area (TPSA) is 84.5 Å². The van der Waals surface area contributed by atoms with Gasteiger partial charge in [0.15, 0.2) is 0 Å². The minimum atomic E-state index is -0.779. The number of nitrogens with zero attached hydrogens (tertiary/aromatic N) is 5. The molecule has 0 aliphatic carbocycles. The second kappa shape index (κ2) is 10.8. The van der Waals surface area contributed by atoms with Crippen LogP contribution in [0.3, 0.4) is 0 Å². The van der Waals surface area contributed by atoms with Crippen molar-refractivity contribution in [1.82, 2.24) is 19.6 Å². The molecular weight excluding hydrogens is 482 g/mol. The first kappa shape index (κ1) is 25.8. The third kappa shape index (κ3) is 5.10. The number of benzene rings is 2. The van der Waals surface area contributed by atoms with Crippen molar-refractivity contribution in [2.75, 3.05) is 57.4 Å². The Morgan fingerprint density at radius 1 is 0.737 bits per heavy atom. The second-order valence-corrected chi connectivity index (χ2v) is 10.4. The van der Waals surface area contributed by atoms with Gasteiger partial charge in [-0.15, -0.1) is 0 Å². The Hall–Kier alpha value is -3.88. The number of piperidine rings is 1. The Morgan fingerprint density at radius 2 is 1.29 bits per heavy atom. The van der Waals surface area contributed by atoms with Gasteiger partial charge in [-0.25, -0.2) is 0 Å². The number of hydrogen-bond acceptors (Lipinski definition) is 5. The van der Waals surface area contributed by atoms with Gasteiger partial charge in [0.1, 0.15) is 12.1 Å². The molecule has 3 fully saturated rings. The summed E-state index contributed by atoms with van der Waals surface area (Å²) in [5.41, 5.74) is 1.14. The molecule has 0 bridgehead atoms. The molecule has 4 amide bonds. The van der Waals surface area contributed by atoms with E-state index in [0.29, 0.717) is 65.2 Å². The van der Waals surface area contributed by atoms with Gasteiger partial charge >= 0.3 is 0 Å². The summed E-state index contributed by atoms with van der Waals surface area (Å²) >= 11 is 0. The van der Waals surface area contributed by atoms with Gasteiger partial charge < -0.3 is 24.5 Å². The van der Waals surface area contributed by atoms with Gasteiger partial charge in [0.25, 0.3) is 5.91 Å². The highest BCUT2D eigenvalue weighted by molar-refractivity contribution is 5.96. The molecule has 3 aliphatic rings. The van der Waals surface area contributed by atoms with Crippen molar-refractivity contribution in [1.29, 1.82) is 0 Å². The lowest BCUT2D eigenvalue weighted by Crippen LogP contribution is -2.57. The van der Waals surface area contributed by atoms with Crippen molar-refractivity contribution >= 4 is 29.3 Å². The summed E-state index contributed by atoms with van der Waals surface area (Å²) < 4.78 is 0. The maximum atomic E-state index is 14.0. The Labute approximate surface area is 223 Å². The molecule has 9 nitrogen and oxygen atoms in total. The van der Waals surface area contributed by atoms with Crippen LogP contribution in [0.25, 0.3) is 0 Å². The summed E-state index contributed by atoms with van der Waals surface area (Å²) in [5.74, 6) is -0.0605. The van der Waals surface area contributed by atoms with Crippen LogP contribution in [0.1, 0.15) is 25.3 Å². The Bertz CT molecular complexity index is 1170. The van der Waals surface area contributed by atoms with Crippen molar-refractivity contribution < 1.29 is 19.2 Å². The van der Waals surface area contributed by atoms with Gasteiger partial charge in [-0.1, -0.05) is 48.5 Å². The number of hydrogen-bond donors (Lipinski definition) is 0. The standard InChI is InChI=1S/C29H35N5O4/c1-23(35)30-16-18-32(19-17-30)27(37)21-33-22-34(25-10-6-3-7-11-25)29(28(33)38)12-14-31(15-13-29)26(36)20-24-8-4-2-5-9-24/h2-11H,12-22H2,1H3. The molecule has 3 aliphatic heterocycles. The van der Waals surface area contributed by atoms with E-state index in [1.807, 2.05) is 65.6 Å². The summed E-state index contributed by atoms with van der Waals surface area (Å²) in [5, 5.41) is 0. The first-order valence-electron chi connectivity index (χ1n) is 13.3. The minimum absolute atomic E-state index is 0.0145. The second-order valence-electron chi connectivity index (χ2n) is 10.4. The lowest BCUT2D eigenvalue weighted by Gasteiger charge is -2.43. The normalized spacial score (nSPS) is 19.3. The molecule has 3 saturated heterocycles. The van der Waals surface area contributed by atoms with E-state index in [-0.39, 0.29) is 30.2 Å². The Balaban J connectivity index is 1.28. The van der Waals surface area contributed by atoms with Crippen LogP contribution in [0.15, 0.2) is 60.7 Å². The number of rotatable bonds is 5. The third-order valence-electron chi connectivity index (χ3n) is 8.13. The van der Waals surface area contributed by atoms with E-state index in [1.165, 1.54) is 0 Å². The van der Waals surface area contributed by atoms with E-state index in [1.54, 1.807) is 21.6 Å². The van der Waals surface area contributed by atoms with Crippen molar-refractivity contribution in [2.45, 2.75) is 31.7 Å². The molecule has 200 valence electrons. The van der Waals surface area contributed by atoms with Gasteiger partial charge in [-0.05, 0) is 30.5 Å². The maximum Gasteiger partial charge on any atom is 0.250 e. The molecule has 5 rings (SSSR count). The molecule has 0 radical (unpaired) electrons. The Morgan fingerprint density at radius 3 is 1.89 bits per heavy atom. The van der Waals surface area contributed by atoms with E-state index in [9.17, 15) is 19.2 Å². The molecule has 0 unspecified atom stereocenters. The first-order valence-corrected chi connectivity index (χ1v) is 13.3. The van der Waals surface area contributed by atoms with Crippen molar-refractivity contribution in [3.63, 3.8) is 0 Å². The van der Waals surface area contributed by atoms with Crippen LogP contribution in [0.4, 0.5) is 5.69 Å². The summed E-state index contributed by atoms with van der Waals surface area (Å²) in [6.45, 7) is 4.87. The highest BCUT2D eigenvalue weighted by Gasteiger charge is 2.54. The van der Waals surface area contributed by atoms with Gasteiger partial charge in [0.05, 0.1) is 13.1 Å². The zero-order valence-electron chi connectivity index (χ0n) is 21.9. The fourth-order valence-electron chi connectivity index (χ4n) is 5.86. The van der Waals surface area contributed by atoms with Crippen LogP contribution in [-0.4, -0.2) is 101 Å². The van der Waals surface area contributed by atoms with Gasteiger partial charge in [0.2, 0.25) is 17.7 Å². The number of likely N-dealkylation sites (tertiary alicyclic amines) is 1. The Kier molecular flexibility index (Phi) is 7.35. The monoisotopic (exact) mass is 517 g/mol. The molecule has 0 atom stereocenters. The summed E-state index contributed by atoms with van der Waals surface area (Å²) in [7, 11) is 0. The largest absolute Gasteiger partial charge is 0.342 e. The molecule has 9 heteroatoms. The van der Waals surface area contributed by atoms with Crippen LogP contribution in [0.5, 0.6) is 0 Å². The number of carbonyl (C=O) groups excluding carboxylic acids is 4. The molecule has 0 aromatic heterocycles. The molecule has 0 saturated carbocycles. The summed E-state index contributed by atoms with van der Waals surface area (Å²) in [6.07, 6.45) is 1.38. The van der Waals surface area contributed by atoms with Crippen LogP contribution >= 0.6 is 0 Å². The predicted octanol–water partition coefficient (Wildman–Crippen LogP) is 1.59. The van der Waals surface area contributed by atoms with E-state index in [2.05, 4.69) is 4.90 Å². The molecule has 1 spiro atoms. The minimum Gasteiger partial charge on any atom is -0.342 e. The fraction of sp³-hybridized carbons (Fsp3) is 0.448. The van der Waals surface area contributed by atoms with Crippen molar-refractivity contribution in [3.05, 3.63) is 66.2 Å². The van der Waals surface area contributed by atoms with Gasteiger partial charge in [0, 0.05) is 51.9 Å². The molecule has 2 aromatic carbocycles. The lowest BCUT2D eigenvalue weighted by molar-refractivity contribution is -0.144. The molecular formula is C29H35N5O4. The first-order chi connectivity index (χ1) is 18.4. The van der Waals surface area contributed by atoms with Gasteiger partial charge in [-0.2, -0.15) is 0 Å². The number of anilines is 1. The lowest BCUT2D eigenvalue weighted by atomic mass is 9.85. The van der Waals surface area contributed by atoms with E-state index in [4.69, 9.17) is 0 Å². The SMILES string of the molecule is CC(=O)N1CCN(C(=O)CN2CN(c3ccccc3)C3(CCN(C(=O)Cc4ccccc4)CC3)C2=O)CC1. The maximum absolute atomic E-state index is 14.0. The van der Waals surface area contributed by atoms with Crippen LogP contribution in [0.2, 0.25) is 0 Å². The number of carbonyl (C=O) groups is 4. The van der Waals surface area contributed by atoms with Crippen LogP contribution in [-0.2, 0) is 25.6 Å². The highest BCUT2D eigenvalue weighted by Crippen LogP contribution is 2.39. The van der Waals surface area contributed by atoms with Crippen molar-refractivity contribution in [2.24, 2.45) is 0 Å². The molecule has 2 aromatic rings. The third-order valence-corrected chi connectivity index (χ3v) is 8.13. The van der Waals surface area contributed by atoms with Crippen molar-refractivity contribution in [3.8, 4) is 0 Å². The van der Waals surface area contributed by atoms with Gasteiger partial charge in [-0.3, -0.25) is 19.2 Å². The van der Waals surface area contributed by atoms with Crippen LogP contribution in [0, 0.1) is 0 Å². The fourth-order valence-corrected chi connectivity index (χ4v) is 5.86. The number of piperazine rings is 1. The predicted molar refractivity (Wildman–Crippen MR) is 143 cm³/mol. The average Bonchev–Trinajstić information content (AvgIpc) is 3.20. The van der Waals surface area contributed by atoms with E-state index >= 15 is 0 Å². The van der Waals surface area contributed by atoms with E-state index < -0.39 is 5.54 Å². The molecule has 3 heterocycles. The summed E-state index contributed by atoms with van der Waals surface area (Å²) in [6, 6.07) is 19.5. The smallest absolute Gasteiger partial charge is 0.250 e. The number of amides is 4. The zero-order valence-corrected chi connectivity index (χ0v) is 21.9. The zero-order chi connectivity index (χ0) is 26.7. The summed E-state index contributed by atoms with van der Waals surface area (Å²) in [4.78, 5) is 60.9. The quantitative estimate of drug-likeness (QED) is 0.602. The average molecular weight is 518 g/mol. The van der Waals surface area contributed by atoms with E-state index in [0.717, 1.165) is 11.3 Å². The molecule has 0 N–H and O–H groups in total. The van der Waals surface area contributed by atoms with Crippen LogP contribution < -0.4 is 4.90 Å². The molecule has 38 heavy (non-hydrogen) atoms. The highest BCUT2D eigenvalue weighted by atomic mass is 16.2.